The van der Waals surface area contributed by atoms with Gasteiger partial charge in [0, 0.05) is 12.2 Å². The summed E-state index contributed by atoms with van der Waals surface area (Å²) in [7, 11) is 0. The minimum Gasteiger partial charge on any atom is -0.388 e. The Bertz CT molecular complexity index is 489. The number of carbonyl (C=O) groups is 1. The maximum absolute atomic E-state index is 12.4. The lowest BCUT2D eigenvalue weighted by Gasteiger charge is -2.33. The number of hydrogen-bond donors (Lipinski definition) is 2. The zero-order valence-corrected chi connectivity index (χ0v) is 13.4. The topological polar surface area (TPSA) is 52.6 Å². The average Bonchev–Trinajstić information content (AvgIpc) is 2.88. The van der Waals surface area contributed by atoms with E-state index in [0.29, 0.717) is 12.5 Å². The first-order valence-corrected chi connectivity index (χ1v) is 7.69. The number of anilines is 1. The fourth-order valence-electron chi connectivity index (χ4n) is 2.89. The Kier molecular flexibility index (Phi) is 4.57. The monoisotopic (exact) mass is 290 g/mol. The van der Waals surface area contributed by atoms with Crippen molar-refractivity contribution in [2.75, 3.05) is 11.9 Å². The van der Waals surface area contributed by atoms with E-state index in [2.05, 4.69) is 19.2 Å². The van der Waals surface area contributed by atoms with Gasteiger partial charge in [-0.15, -0.1) is 0 Å². The molecule has 1 aliphatic rings. The molecule has 0 radical (unpaired) electrons. The van der Waals surface area contributed by atoms with Crippen LogP contribution < -0.4 is 5.32 Å². The summed E-state index contributed by atoms with van der Waals surface area (Å²) in [5.41, 5.74) is 1.18. The van der Waals surface area contributed by atoms with E-state index < -0.39 is 5.60 Å². The van der Waals surface area contributed by atoms with Crippen LogP contribution in [0.3, 0.4) is 0 Å². The Morgan fingerprint density at radius 1 is 1.33 bits per heavy atom. The molecular formula is C17H26N2O2. The molecule has 21 heavy (non-hydrogen) atoms. The lowest BCUT2D eigenvalue weighted by atomic mass is 9.97. The third-order valence-electron chi connectivity index (χ3n) is 4.16. The fraction of sp³-hybridized carbons (Fsp3) is 0.588. The number of aliphatic hydroxyl groups is 1. The normalized spacial score (nSPS) is 19.1. The van der Waals surface area contributed by atoms with E-state index in [1.54, 1.807) is 18.7 Å². The molecule has 1 unspecified atom stereocenters. The Hall–Kier alpha value is -1.55. The maximum Gasteiger partial charge on any atom is 0.322 e. The van der Waals surface area contributed by atoms with E-state index in [0.717, 1.165) is 18.5 Å². The number of rotatable bonds is 3. The van der Waals surface area contributed by atoms with Gasteiger partial charge in [0.2, 0.25) is 0 Å². The summed E-state index contributed by atoms with van der Waals surface area (Å²) < 4.78 is 0. The van der Waals surface area contributed by atoms with E-state index in [9.17, 15) is 9.90 Å². The molecule has 4 heteroatoms. The molecule has 1 aromatic rings. The van der Waals surface area contributed by atoms with Gasteiger partial charge in [-0.25, -0.2) is 4.79 Å². The van der Waals surface area contributed by atoms with E-state index in [1.807, 2.05) is 24.3 Å². The number of likely N-dealkylation sites (tertiary alicyclic amines) is 1. The summed E-state index contributed by atoms with van der Waals surface area (Å²) >= 11 is 0. The largest absolute Gasteiger partial charge is 0.388 e. The number of carbonyl (C=O) groups excluding carboxylic acids is 1. The summed E-state index contributed by atoms with van der Waals surface area (Å²) in [5.74, 6) is 0.480. The van der Waals surface area contributed by atoms with Crippen LogP contribution in [0.15, 0.2) is 24.3 Å². The van der Waals surface area contributed by atoms with Crippen LogP contribution in [0.1, 0.15) is 52.0 Å². The first-order chi connectivity index (χ1) is 9.79. The van der Waals surface area contributed by atoms with Crippen LogP contribution in [0.4, 0.5) is 10.5 Å². The van der Waals surface area contributed by atoms with Gasteiger partial charge in [-0.2, -0.15) is 0 Å². The van der Waals surface area contributed by atoms with Crippen LogP contribution in [0, 0.1) is 0 Å². The molecular weight excluding hydrogens is 264 g/mol. The number of nitrogens with one attached hydrogen (secondary N) is 1. The van der Waals surface area contributed by atoms with Crippen LogP contribution in [-0.2, 0) is 0 Å². The van der Waals surface area contributed by atoms with Crippen molar-refractivity contribution in [3.63, 3.8) is 0 Å². The van der Waals surface area contributed by atoms with Gasteiger partial charge in [-0.1, -0.05) is 26.0 Å². The van der Waals surface area contributed by atoms with Crippen LogP contribution in [-0.4, -0.2) is 34.2 Å². The predicted octanol–water partition coefficient (Wildman–Crippen LogP) is 3.58. The first-order valence-electron chi connectivity index (χ1n) is 7.69. The molecule has 1 atom stereocenters. The van der Waals surface area contributed by atoms with Gasteiger partial charge in [0.25, 0.3) is 0 Å². The van der Waals surface area contributed by atoms with Crippen molar-refractivity contribution in [3.8, 4) is 0 Å². The van der Waals surface area contributed by atoms with Gasteiger partial charge in [0.1, 0.15) is 0 Å². The van der Waals surface area contributed by atoms with Crippen LogP contribution in [0.5, 0.6) is 0 Å². The van der Waals surface area contributed by atoms with Crippen LogP contribution >= 0.6 is 0 Å². The summed E-state index contributed by atoms with van der Waals surface area (Å²) in [6.45, 7) is 8.52. The molecule has 116 valence electrons. The van der Waals surface area contributed by atoms with Gasteiger partial charge in [0.05, 0.1) is 11.6 Å². The molecule has 4 nitrogen and oxygen atoms in total. The zero-order chi connectivity index (χ0) is 15.6. The second-order valence-corrected chi connectivity index (χ2v) is 6.71. The van der Waals surface area contributed by atoms with Crippen molar-refractivity contribution >= 4 is 11.7 Å². The molecule has 0 bridgehead atoms. The molecule has 1 aromatic carbocycles. The summed E-state index contributed by atoms with van der Waals surface area (Å²) in [6.07, 6.45) is 1.79. The molecule has 2 N–H and O–H groups in total. The molecule has 0 aromatic heterocycles. The second kappa shape index (κ2) is 6.06. The highest BCUT2D eigenvalue weighted by Crippen LogP contribution is 2.27. The fourth-order valence-corrected chi connectivity index (χ4v) is 2.89. The Morgan fingerprint density at radius 2 is 1.95 bits per heavy atom. The third-order valence-corrected chi connectivity index (χ3v) is 4.16. The SMILES string of the molecule is CC(C)c1ccc(NC(=O)N2CCCC2C(C)(C)O)cc1. The van der Waals surface area contributed by atoms with Crippen molar-refractivity contribution in [1.82, 2.24) is 4.90 Å². The number of urea groups is 1. The smallest absolute Gasteiger partial charge is 0.322 e. The predicted molar refractivity (Wildman–Crippen MR) is 85.6 cm³/mol. The molecule has 1 aliphatic heterocycles. The molecule has 1 heterocycles. The standard InChI is InChI=1S/C17H26N2O2/c1-12(2)13-7-9-14(10-8-13)18-16(20)19-11-5-6-15(19)17(3,4)21/h7-10,12,15,21H,5-6,11H2,1-4H3,(H,18,20). The number of benzene rings is 1. The highest BCUT2D eigenvalue weighted by atomic mass is 16.3. The Morgan fingerprint density at radius 3 is 2.48 bits per heavy atom. The average molecular weight is 290 g/mol. The molecule has 2 rings (SSSR count). The van der Waals surface area contributed by atoms with E-state index in [4.69, 9.17) is 0 Å². The van der Waals surface area contributed by atoms with Gasteiger partial charge in [0.15, 0.2) is 0 Å². The van der Waals surface area contributed by atoms with Crippen molar-refractivity contribution in [2.45, 2.75) is 58.1 Å². The molecule has 0 spiro atoms. The third kappa shape index (κ3) is 3.76. The lowest BCUT2D eigenvalue weighted by molar-refractivity contribution is 0.0117. The van der Waals surface area contributed by atoms with Crippen LogP contribution in [0.2, 0.25) is 0 Å². The minimum atomic E-state index is -0.866. The molecule has 2 amide bonds. The highest BCUT2D eigenvalue weighted by molar-refractivity contribution is 5.89. The van der Waals surface area contributed by atoms with E-state index in [1.165, 1.54) is 5.56 Å². The summed E-state index contributed by atoms with van der Waals surface area (Å²) in [4.78, 5) is 14.1. The highest BCUT2D eigenvalue weighted by Gasteiger charge is 2.38. The quantitative estimate of drug-likeness (QED) is 0.894. The Balaban J connectivity index is 2.04. The number of nitrogens with zero attached hydrogens (tertiary/aromatic N) is 1. The van der Waals surface area contributed by atoms with Crippen molar-refractivity contribution in [3.05, 3.63) is 29.8 Å². The van der Waals surface area contributed by atoms with Crippen molar-refractivity contribution in [2.24, 2.45) is 0 Å². The second-order valence-electron chi connectivity index (χ2n) is 6.71. The van der Waals surface area contributed by atoms with Gasteiger partial charge in [-0.3, -0.25) is 0 Å². The van der Waals surface area contributed by atoms with E-state index >= 15 is 0 Å². The van der Waals surface area contributed by atoms with Gasteiger partial charge < -0.3 is 15.3 Å². The molecule has 0 saturated carbocycles. The van der Waals surface area contributed by atoms with Gasteiger partial charge in [-0.05, 0) is 50.3 Å². The zero-order valence-electron chi connectivity index (χ0n) is 13.4. The molecule has 0 aliphatic carbocycles. The van der Waals surface area contributed by atoms with E-state index in [-0.39, 0.29) is 12.1 Å². The lowest BCUT2D eigenvalue weighted by Crippen LogP contribution is -2.49. The first kappa shape index (κ1) is 15.8. The number of hydrogen-bond acceptors (Lipinski definition) is 2. The number of amides is 2. The Labute approximate surface area is 127 Å². The molecule has 1 fully saturated rings. The maximum atomic E-state index is 12.4. The van der Waals surface area contributed by atoms with Gasteiger partial charge >= 0.3 is 6.03 Å². The van der Waals surface area contributed by atoms with Crippen molar-refractivity contribution < 1.29 is 9.90 Å². The van der Waals surface area contributed by atoms with Crippen LogP contribution in [0.25, 0.3) is 0 Å². The summed E-state index contributed by atoms with van der Waals surface area (Å²) in [5, 5.41) is 13.1. The van der Waals surface area contributed by atoms with Crippen molar-refractivity contribution in [1.29, 1.82) is 0 Å². The summed E-state index contributed by atoms with van der Waals surface area (Å²) in [6, 6.07) is 7.70. The molecule has 1 saturated heterocycles. The minimum absolute atomic E-state index is 0.118.